The highest BCUT2D eigenvalue weighted by molar-refractivity contribution is 5.77. The molecule has 8 heteroatoms. The van der Waals surface area contributed by atoms with Crippen LogP contribution >= 0.6 is 0 Å². The fourth-order valence-corrected chi connectivity index (χ4v) is 2.71. The fourth-order valence-electron chi connectivity index (χ4n) is 2.71. The molecule has 1 aliphatic rings. The van der Waals surface area contributed by atoms with E-state index in [1.807, 2.05) is 11.5 Å². The molecule has 0 saturated carbocycles. The molecule has 1 saturated heterocycles. The van der Waals surface area contributed by atoms with Gasteiger partial charge in [0.25, 0.3) is 0 Å². The summed E-state index contributed by atoms with van der Waals surface area (Å²) in [6.45, 7) is 4.42. The van der Waals surface area contributed by atoms with Crippen LogP contribution in [0.4, 0.5) is 5.95 Å². The number of aromatic nitrogens is 4. The van der Waals surface area contributed by atoms with Gasteiger partial charge in [0, 0.05) is 5.92 Å². The minimum Gasteiger partial charge on any atom is -0.476 e. The summed E-state index contributed by atoms with van der Waals surface area (Å²) in [5.74, 6) is 0.756. The molecule has 0 spiro atoms. The Kier molecular flexibility index (Phi) is 3.64. The Morgan fingerprint density at radius 3 is 3.00 bits per heavy atom. The molecule has 0 aromatic carbocycles. The normalized spacial score (nSPS) is 25.6. The van der Waals surface area contributed by atoms with Crippen molar-refractivity contribution in [2.75, 3.05) is 18.9 Å². The van der Waals surface area contributed by atoms with Crippen LogP contribution in [0, 0.1) is 5.92 Å². The summed E-state index contributed by atoms with van der Waals surface area (Å²) in [6.07, 6.45) is 2.06. The number of ether oxygens (including phenoxy) is 2. The van der Waals surface area contributed by atoms with Crippen LogP contribution in [0.3, 0.4) is 0 Å². The Balaban J connectivity index is 2.04. The molecule has 0 radical (unpaired) electrons. The quantitative estimate of drug-likeness (QED) is 0.855. The standard InChI is InChI=1S/C13H19N5O3/c1-3-20-11-9-10(16-13(14)17-11)18(6-15-9)12-7(2)4-8(5-19)21-12/h6-8,12,19H,3-5H2,1-2H3,(H2,14,16,17). The second-order valence-corrected chi connectivity index (χ2v) is 5.19. The van der Waals surface area contributed by atoms with Gasteiger partial charge in [-0.2, -0.15) is 9.97 Å². The predicted octanol–water partition coefficient (Wildman–Crippen LogP) is 0.723. The van der Waals surface area contributed by atoms with E-state index in [4.69, 9.17) is 15.2 Å². The number of nitrogens with zero attached hydrogens (tertiary/aromatic N) is 4. The van der Waals surface area contributed by atoms with Crippen LogP contribution in [0.25, 0.3) is 11.2 Å². The first-order valence-electron chi connectivity index (χ1n) is 7.03. The Morgan fingerprint density at radius 2 is 2.33 bits per heavy atom. The van der Waals surface area contributed by atoms with E-state index in [9.17, 15) is 5.11 Å². The lowest BCUT2D eigenvalue weighted by Crippen LogP contribution is -2.15. The molecule has 2 aromatic heterocycles. The van der Waals surface area contributed by atoms with Crippen molar-refractivity contribution in [3.63, 3.8) is 0 Å². The van der Waals surface area contributed by atoms with E-state index in [1.54, 1.807) is 6.33 Å². The van der Waals surface area contributed by atoms with Gasteiger partial charge in [0.15, 0.2) is 11.2 Å². The van der Waals surface area contributed by atoms with Crippen molar-refractivity contribution in [3.8, 4) is 5.88 Å². The zero-order chi connectivity index (χ0) is 15.0. The Bertz CT molecular complexity index is 644. The highest BCUT2D eigenvalue weighted by Gasteiger charge is 2.34. The zero-order valence-electron chi connectivity index (χ0n) is 12.1. The van der Waals surface area contributed by atoms with Crippen molar-refractivity contribution in [1.82, 2.24) is 19.5 Å². The molecule has 0 amide bonds. The highest BCUT2D eigenvalue weighted by Crippen LogP contribution is 2.36. The third kappa shape index (κ3) is 2.40. The van der Waals surface area contributed by atoms with E-state index in [-0.39, 0.29) is 30.8 Å². The first-order valence-corrected chi connectivity index (χ1v) is 7.03. The van der Waals surface area contributed by atoms with Gasteiger partial charge in [0.2, 0.25) is 11.8 Å². The van der Waals surface area contributed by atoms with Crippen LogP contribution in [0.15, 0.2) is 6.33 Å². The second kappa shape index (κ2) is 5.45. The average molecular weight is 293 g/mol. The van der Waals surface area contributed by atoms with Gasteiger partial charge in [0.1, 0.15) is 6.23 Å². The Morgan fingerprint density at radius 1 is 1.52 bits per heavy atom. The summed E-state index contributed by atoms with van der Waals surface area (Å²) in [5, 5.41) is 9.26. The van der Waals surface area contributed by atoms with E-state index in [0.29, 0.717) is 23.7 Å². The van der Waals surface area contributed by atoms with E-state index in [1.165, 1.54) is 0 Å². The maximum Gasteiger partial charge on any atom is 0.247 e. The molecule has 114 valence electrons. The van der Waals surface area contributed by atoms with Crippen LogP contribution in [-0.2, 0) is 4.74 Å². The molecule has 2 aromatic rings. The number of imidazole rings is 1. The van der Waals surface area contributed by atoms with Gasteiger partial charge >= 0.3 is 0 Å². The third-order valence-electron chi connectivity index (χ3n) is 3.62. The van der Waals surface area contributed by atoms with E-state index in [0.717, 1.165) is 6.42 Å². The molecule has 3 unspecified atom stereocenters. The largest absolute Gasteiger partial charge is 0.476 e. The number of hydrogen-bond donors (Lipinski definition) is 2. The molecule has 0 bridgehead atoms. The molecule has 3 N–H and O–H groups in total. The molecule has 1 fully saturated rings. The van der Waals surface area contributed by atoms with E-state index < -0.39 is 0 Å². The number of nitrogen functional groups attached to an aromatic ring is 1. The lowest BCUT2D eigenvalue weighted by molar-refractivity contribution is -0.0294. The monoisotopic (exact) mass is 293 g/mol. The SMILES string of the molecule is CCOc1nc(N)nc2c1ncn2C1OC(CO)CC1C. The van der Waals surface area contributed by atoms with Gasteiger partial charge in [-0.3, -0.25) is 4.57 Å². The molecular weight excluding hydrogens is 274 g/mol. The Labute approximate surface area is 121 Å². The van der Waals surface area contributed by atoms with Crippen molar-refractivity contribution in [1.29, 1.82) is 0 Å². The summed E-state index contributed by atoms with van der Waals surface area (Å²) in [7, 11) is 0. The number of rotatable bonds is 4. The molecule has 3 heterocycles. The predicted molar refractivity (Wildman–Crippen MR) is 75.7 cm³/mol. The van der Waals surface area contributed by atoms with Gasteiger partial charge in [0.05, 0.1) is 25.6 Å². The van der Waals surface area contributed by atoms with Crippen molar-refractivity contribution in [3.05, 3.63) is 6.33 Å². The maximum absolute atomic E-state index is 9.26. The summed E-state index contributed by atoms with van der Waals surface area (Å²) < 4.78 is 13.1. The lowest BCUT2D eigenvalue weighted by Gasteiger charge is -2.17. The number of aliphatic hydroxyl groups excluding tert-OH is 1. The van der Waals surface area contributed by atoms with Gasteiger partial charge in [-0.05, 0) is 13.3 Å². The van der Waals surface area contributed by atoms with Crippen molar-refractivity contribution in [2.45, 2.75) is 32.6 Å². The molecule has 8 nitrogen and oxygen atoms in total. The first kappa shape index (κ1) is 14.0. The Hall–Kier alpha value is -1.93. The van der Waals surface area contributed by atoms with Gasteiger partial charge in [-0.25, -0.2) is 4.98 Å². The van der Waals surface area contributed by atoms with Crippen LogP contribution < -0.4 is 10.5 Å². The van der Waals surface area contributed by atoms with Crippen LogP contribution in [0.2, 0.25) is 0 Å². The minimum atomic E-state index is -0.226. The van der Waals surface area contributed by atoms with E-state index in [2.05, 4.69) is 21.9 Å². The van der Waals surface area contributed by atoms with Crippen molar-refractivity contribution >= 4 is 17.1 Å². The second-order valence-electron chi connectivity index (χ2n) is 5.19. The molecule has 3 atom stereocenters. The molecule has 0 aliphatic carbocycles. The van der Waals surface area contributed by atoms with Gasteiger partial charge in [-0.1, -0.05) is 6.92 Å². The van der Waals surface area contributed by atoms with Crippen LogP contribution in [-0.4, -0.2) is 43.9 Å². The third-order valence-corrected chi connectivity index (χ3v) is 3.62. The summed E-state index contributed by atoms with van der Waals surface area (Å²) in [4.78, 5) is 12.6. The number of hydrogen-bond acceptors (Lipinski definition) is 7. The smallest absolute Gasteiger partial charge is 0.247 e. The van der Waals surface area contributed by atoms with Crippen molar-refractivity contribution < 1.29 is 14.6 Å². The molecular formula is C13H19N5O3. The topological polar surface area (TPSA) is 108 Å². The molecule has 3 rings (SSSR count). The van der Waals surface area contributed by atoms with Crippen LogP contribution in [0.1, 0.15) is 26.5 Å². The van der Waals surface area contributed by atoms with Crippen LogP contribution in [0.5, 0.6) is 5.88 Å². The molecule has 1 aliphatic heterocycles. The number of fused-ring (bicyclic) bond motifs is 1. The fraction of sp³-hybridized carbons (Fsp3) is 0.615. The van der Waals surface area contributed by atoms with Gasteiger partial charge < -0.3 is 20.3 Å². The number of aliphatic hydroxyl groups is 1. The number of anilines is 1. The highest BCUT2D eigenvalue weighted by atomic mass is 16.5. The summed E-state index contributed by atoms with van der Waals surface area (Å²) >= 11 is 0. The minimum absolute atomic E-state index is 0.00872. The first-order chi connectivity index (χ1) is 10.1. The lowest BCUT2D eigenvalue weighted by atomic mass is 10.1. The zero-order valence-corrected chi connectivity index (χ0v) is 12.1. The molecule has 21 heavy (non-hydrogen) atoms. The van der Waals surface area contributed by atoms with Gasteiger partial charge in [-0.15, -0.1) is 0 Å². The summed E-state index contributed by atoms with van der Waals surface area (Å²) in [6, 6.07) is 0. The van der Waals surface area contributed by atoms with Crippen molar-refractivity contribution in [2.24, 2.45) is 5.92 Å². The number of nitrogens with two attached hydrogens (primary N) is 1. The average Bonchev–Trinajstić information content (AvgIpc) is 3.02. The van der Waals surface area contributed by atoms with E-state index >= 15 is 0 Å². The maximum atomic E-state index is 9.26. The summed E-state index contributed by atoms with van der Waals surface area (Å²) in [5.41, 5.74) is 6.89.